The van der Waals surface area contributed by atoms with E-state index in [1.807, 2.05) is 18.3 Å². The van der Waals surface area contributed by atoms with E-state index in [-0.39, 0.29) is 5.41 Å². The van der Waals surface area contributed by atoms with Gasteiger partial charge < -0.3 is 4.90 Å². The van der Waals surface area contributed by atoms with E-state index in [4.69, 9.17) is 4.98 Å². The van der Waals surface area contributed by atoms with Crippen LogP contribution in [-0.4, -0.2) is 11.5 Å². The van der Waals surface area contributed by atoms with Crippen LogP contribution < -0.4 is 9.80 Å². The first kappa shape index (κ1) is 29.5. The third-order valence-corrected chi connectivity index (χ3v) is 9.70. The van der Waals surface area contributed by atoms with Crippen LogP contribution >= 0.6 is 0 Å². The molecule has 2 heterocycles. The molecular formula is C45H37N3. The molecule has 1 aromatic heterocycles. The van der Waals surface area contributed by atoms with Crippen molar-refractivity contribution in [3.63, 3.8) is 0 Å². The van der Waals surface area contributed by atoms with Gasteiger partial charge in [-0.05, 0) is 99.6 Å². The first-order valence-electron chi connectivity index (χ1n) is 16.5. The van der Waals surface area contributed by atoms with Gasteiger partial charge in [-0.15, -0.1) is 0 Å². The van der Waals surface area contributed by atoms with E-state index in [1.165, 1.54) is 22.3 Å². The summed E-state index contributed by atoms with van der Waals surface area (Å²) in [5.74, 6) is 0.883. The molecule has 0 bridgehead atoms. The smallest absolute Gasteiger partial charge is 0.137 e. The van der Waals surface area contributed by atoms with E-state index < -0.39 is 0 Å². The summed E-state index contributed by atoms with van der Waals surface area (Å²) in [7, 11) is 0. The zero-order chi connectivity index (χ0) is 32.7. The Morgan fingerprint density at radius 3 is 2.19 bits per heavy atom. The maximum Gasteiger partial charge on any atom is 0.137 e. The van der Waals surface area contributed by atoms with Gasteiger partial charge in [-0.3, -0.25) is 4.90 Å². The number of aromatic nitrogens is 1. The zero-order valence-corrected chi connectivity index (χ0v) is 27.3. The molecule has 0 fully saturated rings. The minimum atomic E-state index is -0.0870. The molecule has 0 saturated carbocycles. The molecule has 1 aliphatic heterocycles. The standard InChI is InChI=1S/C45H37N3/c1-32-14-6-5-13-29-47(35-15-7-4-8-16-35)43-27-22-34(30-40(32)43)33-20-23-36(24-21-33)48(44-19-11-12-28-46-44)37-25-26-39-38-17-9-10-18-41(38)45(2,3)42(39)31-37/h4-28,30-31H,1,29H2,2-3H3/b13-5-,14-6-. The molecule has 0 unspecified atom stereocenters. The van der Waals surface area contributed by atoms with Crippen LogP contribution in [0.1, 0.15) is 30.5 Å². The van der Waals surface area contributed by atoms with E-state index in [0.717, 1.165) is 57.4 Å². The van der Waals surface area contributed by atoms with Crippen LogP contribution in [0.25, 0.3) is 27.8 Å². The van der Waals surface area contributed by atoms with Gasteiger partial charge in [0, 0.05) is 46.5 Å². The van der Waals surface area contributed by atoms with E-state index in [9.17, 15) is 0 Å². The van der Waals surface area contributed by atoms with Gasteiger partial charge in [0.15, 0.2) is 0 Å². The van der Waals surface area contributed by atoms with Gasteiger partial charge in [-0.2, -0.15) is 0 Å². The second-order valence-corrected chi connectivity index (χ2v) is 13.0. The Kier molecular flexibility index (Phi) is 7.38. The van der Waals surface area contributed by atoms with Gasteiger partial charge in [0.05, 0.1) is 0 Å². The second kappa shape index (κ2) is 12.0. The zero-order valence-electron chi connectivity index (χ0n) is 27.3. The van der Waals surface area contributed by atoms with Crippen LogP contribution in [0.3, 0.4) is 0 Å². The fourth-order valence-electron chi connectivity index (χ4n) is 7.20. The van der Waals surface area contributed by atoms with Crippen molar-refractivity contribution < 1.29 is 0 Å². The summed E-state index contributed by atoms with van der Waals surface area (Å²) in [6.07, 6.45) is 10.3. The summed E-state index contributed by atoms with van der Waals surface area (Å²) >= 11 is 0. The van der Waals surface area contributed by atoms with Gasteiger partial charge in [0.2, 0.25) is 0 Å². The van der Waals surface area contributed by atoms with Crippen molar-refractivity contribution in [3.8, 4) is 22.3 Å². The number of rotatable bonds is 5. The quantitative estimate of drug-likeness (QED) is 0.191. The van der Waals surface area contributed by atoms with Gasteiger partial charge in [-0.25, -0.2) is 4.98 Å². The Hall–Kier alpha value is -5.93. The van der Waals surface area contributed by atoms with Crippen molar-refractivity contribution in [1.82, 2.24) is 4.98 Å². The van der Waals surface area contributed by atoms with Gasteiger partial charge in [0.25, 0.3) is 0 Å². The molecule has 0 atom stereocenters. The highest BCUT2D eigenvalue weighted by atomic mass is 15.2. The maximum atomic E-state index is 4.79. The summed E-state index contributed by atoms with van der Waals surface area (Å²) in [5, 5.41) is 0. The normalized spacial score (nSPS) is 15.7. The molecule has 48 heavy (non-hydrogen) atoms. The molecule has 3 nitrogen and oxygen atoms in total. The van der Waals surface area contributed by atoms with E-state index in [0.29, 0.717) is 0 Å². The van der Waals surface area contributed by atoms with E-state index in [1.54, 1.807) is 0 Å². The van der Waals surface area contributed by atoms with Crippen molar-refractivity contribution in [2.45, 2.75) is 19.3 Å². The fraction of sp³-hybridized carbons (Fsp3) is 0.0889. The Labute approximate surface area is 283 Å². The SMILES string of the molecule is C=C1/C=C\C=C/CN(c2ccccc2)c2ccc(-c3ccc(N(c4ccc5c(c4)C(C)(C)c4ccccc4-5)c4ccccn4)cc3)cc21. The molecule has 1 aliphatic carbocycles. The van der Waals surface area contributed by atoms with Crippen LogP contribution in [0.5, 0.6) is 0 Å². The molecule has 232 valence electrons. The van der Waals surface area contributed by atoms with Crippen LogP contribution in [0.15, 0.2) is 171 Å². The number of para-hydroxylation sites is 1. The molecule has 8 rings (SSSR count). The highest BCUT2D eigenvalue weighted by Gasteiger charge is 2.35. The number of pyridine rings is 1. The highest BCUT2D eigenvalue weighted by molar-refractivity contribution is 5.88. The molecule has 0 radical (unpaired) electrons. The number of hydrogen-bond acceptors (Lipinski definition) is 3. The fourth-order valence-corrected chi connectivity index (χ4v) is 7.20. The average Bonchev–Trinajstić information content (AvgIpc) is 3.40. The van der Waals surface area contributed by atoms with Crippen LogP contribution in [-0.2, 0) is 5.41 Å². The minimum absolute atomic E-state index is 0.0870. The Morgan fingerprint density at radius 2 is 1.38 bits per heavy atom. The number of hydrogen-bond donors (Lipinski definition) is 0. The van der Waals surface area contributed by atoms with Crippen molar-refractivity contribution in [2.24, 2.45) is 0 Å². The lowest BCUT2D eigenvalue weighted by atomic mass is 9.82. The first-order valence-corrected chi connectivity index (χ1v) is 16.5. The molecule has 2 aliphatic rings. The van der Waals surface area contributed by atoms with Crippen LogP contribution in [0.4, 0.5) is 28.6 Å². The van der Waals surface area contributed by atoms with Gasteiger partial charge in [-0.1, -0.05) is 118 Å². The number of anilines is 5. The van der Waals surface area contributed by atoms with E-state index in [2.05, 4.69) is 176 Å². The topological polar surface area (TPSA) is 19.4 Å². The Bertz CT molecular complexity index is 2190. The number of fused-ring (bicyclic) bond motifs is 4. The molecule has 3 heteroatoms. The highest BCUT2D eigenvalue weighted by Crippen LogP contribution is 2.50. The lowest BCUT2D eigenvalue weighted by molar-refractivity contribution is 0.660. The second-order valence-electron chi connectivity index (χ2n) is 13.0. The first-order chi connectivity index (χ1) is 23.5. The molecular weight excluding hydrogens is 583 g/mol. The maximum absolute atomic E-state index is 4.79. The third kappa shape index (κ3) is 5.14. The number of benzene rings is 5. The molecule has 0 spiro atoms. The van der Waals surface area contributed by atoms with Crippen molar-refractivity contribution in [3.05, 3.63) is 187 Å². The summed E-state index contributed by atoms with van der Waals surface area (Å²) < 4.78 is 0. The van der Waals surface area contributed by atoms with Gasteiger partial charge in [0.1, 0.15) is 5.82 Å². The van der Waals surface area contributed by atoms with Crippen molar-refractivity contribution in [1.29, 1.82) is 0 Å². The lowest BCUT2D eigenvalue weighted by Crippen LogP contribution is -2.18. The third-order valence-electron chi connectivity index (χ3n) is 9.70. The largest absolute Gasteiger partial charge is 0.337 e. The lowest BCUT2D eigenvalue weighted by Gasteiger charge is -2.27. The number of nitrogens with zero attached hydrogens (tertiary/aromatic N) is 3. The average molecular weight is 620 g/mol. The van der Waals surface area contributed by atoms with Crippen LogP contribution in [0, 0.1) is 0 Å². The molecule has 6 aromatic rings. The van der Waals surface area contributed by atoms with E-state index >= 15 is 0 Å². The van der Waals surface area contributed by atoms with Crippen molar-refractivity contribution >= 4 is 34.1 Å². The predicted molar refractivity (Wildman–Crippen MR) is 203 cm³/mol. The predicted octanol–water partition coefficient (Wildman–Crippen LogP) is 11.8. The monoisotopic (exact) mass is 619 g/mol. The van der Waals surface area contributed by atoms with Crippen LogP contribution in [0.2, 0.25) is 0 Å². The molecule has 0 saturated heterocycles. The summed E-state index contributed by atoms with van der Waals surface area (Å²) in [4.78, 5) is 9.39. The summed E-state index contributed by atoms with van der Waals surface area (Å²) in [5.41, 5.74) is 14.1. The minimum Gasteiger partial charge on any atom is -0.337 e. The van der Waals surface area contributed by atoms with Crippen molar-refractivity contribution in [2.75, 3.05) is 16.3 Å². The molecule has 0 N–H and O–H groups in total. The Morgan fingerprint density at radius 1 is 0.646 bits per heavy atom. The molecule has 5 aromatic carbocycles. The Balaban J connectivity index is 1.18. The summed E-state index contributed by atoms with van der Waals surface area (Å²) in [6, 6.07) is 47.8. The number of allylic oxidation sites excluding steroid dienone is 4. The molecule has 0 amide bonds. The summed E-state index contributed by atoms with van der Waals surface area (Å²) in [6.45, 7) is 9.88. The van der Waals surface area contributed by atoms with Gasteiger partial charge >= 0.3 is 0 Å².